The molecule has 2 amide bonds. The predicted molar refractivity (Wildman–Crippen MR) is 121 cm³/mol. The van der Waals surface area contributed by atoms with Crippen LogP contribution in [0.15, 0.2) is 84.9 Å². The molecule has 0 aliphatic rings. The van der Waals surface area contributed by atoms with Crippen LogP contribution in [-0.4, -0.2) is 36.9 Å². The van der Waals surface area contributed by atoms with Gasteiger partial charge in [-0.3, -0.25) is 14.5 Å². The molecule has 30 heavy (non-hydrogen) atoms. The van der Waals surface area contributed by atoms with E-state index in [1.165, 1.54) is 0 Å². The van der Waals surface area contributed by atoms with Gasteiger partial charge in [0.2, 0.25) is 11.8 Å². The number of nitrogens with zero attached hydrogens (tertiary/aromatic N) is 2. The van der Waals surface area contributed by atoms with Crippen LogP contribution in [0.3, 0.4) is 0 Å². The first-order chi connectivity index (χ1) is 14.5. The van der Waals surface area contributed by atoms with E-state index in [9.17, 15) is 9.59 Å². The van der Waals surface area contributed by atoms with Crippen LogP contribution < -0.4 is 10.2 Å². The van der Waals surface area contributed by atoms with Crippen LogP contribution in [0.2, 0.25) is 0 Å². The van der Waals surface area contributed by atoms with Crippen LogP contribution >= 0.6 is 0 Å². The number of likely N-dealkylation sites (N-methyl/N-ethyl adjacent to an activating group) is 1. The van der Waals surface area contributed by atoms with Gasteiger partial charge in [-0.15, -0.1) is 0 Å². The van der Waals surface area contributed by atoms with Gasteiger partial charge < -0.3 is 10.2 Å². The van der Waals surface area contributed by atoms with Crippen molar-refractivity contribution in [1.29, 1.82) is 0 Å². The molecular weight excluding hydrogens is 374 g/mol. The van der Waals surface area contributed by atoms with Gasteiger partial charge in [0.1, 0.15) is 0 Å². The van der Waals surface area contributed by atoms with Crippen molar-refractivity contribution in [3.05, 3.63) is 96.1 Å². The third-order valence-electron chi connectivity index (χ3n) is 4.71. The van der Waals surface area contributed by atoms with Crippen LogP contribution in [-0.2, 0) is 16.1 Å². The van der Waals surface area contributed by atoms with E-state index in [0.717, 1.165) is 22.5 Å². The van der Waals surface area contributed by atoms with E-state index in [-0.39, 0.29) is 24.9 Å². The van der Waals surface area contributed by atoms with E-state index < -0.39 is 0 Å². The van der Waals surface area contributed by atoms with E-state index in [1.807, 2.05) is 91.9 Å². The molecule has 0 fully saturated rings. The fraction of sp³-hybridized carbons (Fsp3) is 0.200. The number of aryl methyl sites for hydroxylation is 1. The summed E-state index contributed by atoms with van der Waals surface area (Å²) in [6, 6.07) is 27.1. The van der Waals surface area contributed by atoms with E-state index in [0.29, 0.717) is 6.54 Å². The number of para-hydroxylation sites is 1. The lowest BCUT2D eigenvalue weighted by molar-refractivity contribution is -0.121. The quantitative estimate of drug-likeness (QED) is 0.618. The maximum absolute atomic E-state index is 13.1. The van der Waals surface area contributed by atoms with Crippen LogP contribution in [0.4, 0.5) is 11.4 Å². The van der Waals surface area contributed by atoms with Crippen LogP contribution in [0, 0.1) is 6.92 Å². The topological polar surface area (TPSA) is 52.7 Å². The van der Waals surface area contributed by atoms with Crippen LogP contribution in [0.25, 0.3) is 0 Å². The molecule has 3 aromatic carbocycles. The molecule has 0 atom stereocenters. The number of amides is 2. The second-order valence-electron chi connectivity index (χ2n) is 7.39. The second kappa shape index (κ2) is 10.4. The van der Waals surface area contributed by atoms with Gasteiger partial charge >= 0.3 is 0 Å². The zero-order valence-electron chi connectivity index (χ0n) is 17.4. The summed E-state index contributed by atoms with van der Waals surface area (Å²) in [6.45, 7) is 2.75. The molecule has 0 saturated carbocycles. The van der Waals surface area contributed by atoms with Crippen LogP contribution in [0.5, 0.6) is 0 Å². The molecule has 154 valence electrons. The first-order valence-electron chi connectivity index (χ1n) is 9.95. The minimum absolute atomic E-state index is 0.0595. The second-order valence-corrected chi connectivity index (χ2v) is 7.39. The number of rotatable bonds is 8. The summed E-state index contributed by atoms with van der Waals surface area (Å²) in [6.07, 6.45) is 0. The molecule has 3 aromatic rings. The van der Waals surface area contributed by atoms with Crippen molar-refractivity contribution in [3.8, 4) is 0 Å². The van der Waals surface area contributed by atoms with Gasteiger partial charge in [-0.2, -0.15) is 0 Å². The third-order valence-corrected chi connectivity index (χ3v) is 4.71. The Morgan fingerprint density at radius 3 is 2.03 bits per heavy atom. The Labute approximate surface area is 177 Å². The number of carbonyl (C=O) groups excluding carboxylic acids is 2. The van der Waals surface area contributed by atoms with E-state index in [4.69, 9.17) is 0 Å². The molecule has 0 radical (unpaired) electrons. The standard InChI is InChI=1S/C25H27N3O2/c1-20-13-15-22(16-14-20)26-24(29)18-27(2)19-25(30)28(23-11-7-4-8-12-23)17-21-9-5-3-6-10-21/h3-16H,17-19H2,1-2H3,(H,26,29). The Morgan fingerprint density at radius 1 is 0.800 bits per heavy atom. The van der Waals surface area contributed by atoms with E-state index >= 15 is 0 Å². The Kier molecular flexibility index (Phi) is 7.35. The summed E-state index contributed by atoms with van der Waals surface area (Å²) in [5.74, 6) is -0.209. The highest BCUT2D eigenvalue weighted by Gasteiger charge is 2.19. The molecule has 5 nitrogen and oxygen atoms in total. The summed E-state index contributed by atoms with van der Waals surface area (Å²) in [4.78, 5) is 28.9. The lowest BCUT2D eigenvalue weighted by Gasteiger charge is -2.25. The highest BCUT2D eigenvalue weighted by Crippen LogP contribution is 2.17. The summed E-state index contributed by atoms with van der Waals surface area (Å²) < 4.78 is 0. The Bertz CT molecular complexity index is 957. The van der Waals surface area contributed by atoms with Crippen molar-refractivity contribution in [3.63, 3.8) is 0 Å². The van der Waals surface area contributed by atoms with Gasteiger partial charge in [0.15, 0.2) is 0 Å². The lowest BCUT2D eigenvalue weighted by atomic mass is 10.2. The molecule has 0 unspecified atom stereocenters. The van der Waals surface area contributed by atoms with Crippen molar-refractivity contribution in [2.45, 2.75) is 13.5 Å². The minimum atomic E-state index is -0.150. The average molecular weight is 402 g/mol. The number of hydrogen-bond donors (Lipinski definition) is 1. The molecule has 0 aromatic heterocycles. The van der Waals surface area contributed by atoms with Gasteiger partial charge in [-0.05, 0) is 43.8 Å². The molecule has 0 aliphatic carbocycles. The van der Waals surface area contributed by atoms with Crippen LogP contribution in [0.1, 0.15) is 11.1 Å². The van der Waals surface area contributed by atoms with E-state index in [2.05, 4.69) is 5.32 Å². The fourth-order valence-electron chi connectivity index (χ4n) is 3.15. The maximum Gasteiger partial charge on any atom is 0.241 e. The number of anilines is 2. The third kappa shape index (κ3) is 6.29. The molecule has 0 saturated heterocycles. The Balaban J connectivity index is 1.62. The van der Waals surface area contributed by atoms with E-state index in [1.54, 1.807) is 16.8 Å². The number of hydrogen-bond acceptors (Lipinski definition) is 3. The van der Waals surface area contributed by atoms with Crippen molar-refractivity contribution < 1.29 is 9.59 Å². The van der Waals surface area contributed by atoms with Gasteiger partial charge in [0.25, 0.3) is 0 Å². The molecular formula is C25H27N3O2. The fourth-order valence-corrected chi connectivity index (χ4v) is 3.15. The number of carbonyl (C=O) groups is 2. The van der Waals surface area contributed by atoms with Crippen molar-refractivity contribution in [1.82, 2.24) is 4.90 Å². The van der Waals surface area contributed by atoms with Crippen molar-refractivity contribution >= 4 is 23.2 Å². The van der Waals surface area contributed by atoms with Crippen molar-refractivity contribution in [2.75, 3.05) is 30.4 Å². The zero-order valence-corrected chi connectivity index (χ0v) is 17.4. The van der Waals surface area contributed by atoms with Gasteiger partial charge in [0, 0.05) is 11.4 Å². The minimum Gasteiger partial charge on any atom is -0.325 e. The smallest absolute Gasteiger partial charge is 0.241 e. The molecule has 1 N–H and O–H groups in total. The normalized spacial score (nSPS) is 10.6. The molecule has 0 heterocycles. The summed E-state index contributed by atoms with van der Waals surface area (Å²) in [5, 5.41) is 2.87. The molecule has 0 spiro atoms. The molecule has 5 heteroatoms. The zero-order chi connectivity index (χ0) is 21.3. The van der Waals surface area contributed by atoms with Crippen molar-refractivity contribution in [2.24, 2.45) is 0 Å². The summed E-state index contributed by atoms with van der Waals surface area (Å²) >= 11 is 0. The monoisotopic (exact) mass is 401 g/mol. The summed E-state index contributed by atoms with van der Waals surface area (Å²) in [5.41, 5.74) is 3.77. The van der Waals surface area contributed by atoms with Gasteiger partial charge in [-0.1, -0.05) is 66.2 Å². The highest BCUT2D eigenvalue weighted by molar-refractivity contribution is 5.96. The number of nitrogens with one attached hydrogen (secondary N) is 1. The lowest BCUT2D eigenvalue weighted by Crippen LogP contribution is -2.41. The van der Waals surface area contributed by atoms with Gasteiger partial charge in [0.05, 0.1) is 19.6 Å². The SMILES string of the molecule is Cc1ccc(NC(=O)CN(C)CC(=O)N(Cc2ccccc2)c2ccccc2)cc1. The largest absolute Gasteiger partial charge is 0.325 e. The summed E-state index contributed by atoms with van der Waals surface area (Å²) in [7, 11) is 1.78. The highest BCUT2D eigenvalue weighted by atomic mass is 16.2. The average Bonchev–Trinajstić information content (AvgIpc) is 2.74. The first kappa shape index (κ1) is 21.3. The predicted octanol–water partition coefficient (Wildman–Crippen LogP) is 4.10. The molecule has 0 aliphatic heterocycles. The first-order valence-corrected chi connectivity index (χ1v) is 9.95. The van der Waals surface area contributed by atoms with Gasteiger partial charge in [-0.25, -0.2) is 0 Å². The maximum atomic E-state index is 13.1. The number of benzene rings is 3. The Morgan fingerprint density at radius 2 is 1.40 bits per heavy atom. The Hall–Kier alpha value is -3.44. The molecule has 3 rings (SSSR count). The molecule has 0 bridgehead atoms.